The lowest BCUT2D eigenvalue weighted by molar-refractivity contribution is -0.129. The highest BCUT2D eigenvalue weighted by Crippen LogP contribution is 2.28. The van der Waals surface area contributed by atoms with Crippen molar-refractivity contribution in [3.63, 3.8) is 0 Å². The van der Waals surface area contributed by atoms with Gasteiger partial charge in [0.2, 0.25) is 5.91 Å². The van der Waals surface area contributed by atoms with E-state index in [1.807, 2.05) is 30.1 Å². The van der Waals surface area contributed by atoms with Gasteiger partial charge in [0, 0.05) is 19.1 Å². The Kier molecular flexibility index (Phi) is 4.84. The molecular formula is C15H22N2O3. The molecule has 1 aromatic carbocycles. The Hall–Kier alpha value is -1.75. The number of nitrogens with zero attached hydrogens (tertiary/aromatic N) is 1. The summed E-state index contributed by atoms with van der Waals surface area (Å²) in [4.78, 5) is 14.2. The summed E-state index contributed by atoms with van der Waals surface area (Å²) in [5.41, 5.74) is 0.945. The fourth-order valence-electron chi connectivity index (χ4n) is 2.50. The highest BCUT2D eigenvalue weighted by molar-refractivity contribution is 5.79. The molecule has 0 aliphatic carbocycles. The Balaban J connectivity index is 2.01. The van der Waals surface area contributed by atoms with Crippen molar-refractivity contribution in [1.29, 1.82) is 0 Å². The van der Waals surface area contributed by atoms with Gasteiger partial charge in [-0.1, -0.05) is 6.07 Å². The van der Waals surface area contributed by atoms with Crippen LogP contribution in [-0.2, 0) is 11.2 Å². The molecule has 5 heteroatoms. The van der Waals surface area contributed by atoms with Crippen LogP contribution in [0.15, 0.2) is 18.2 Å². The van der Waals surface area contributed by atoms with Crippen LogP contribution in [0.3, 0.4) is 0 Å². The van der Waals surface area contributed by atoms with E-state index in [0.29, 0.717) is 24.0 Å². The Morgan fingerprint density at radius 3 is 2.70 bits per heavy atom. The summed E-state index contributed by atoms with van der Waals surface area (Å²) in [7, 11) is 5.14. The summed E-state index contributed by atoms with van der Waals surface area (Å²) in [5, 5.41) is 3.22. The average molecular weight is 278 g/mol. The first-order chi connectivity index (χ1) is 9.67. The number of benzene rings is 1. The van der Waals surface area contributed by atoms with Crippen molar-refractivity contribution in [3.8, 4) is 11.5 Å². The van der Waals surface area contributed by atoms with Gasteiger partial charge < -0.3 is 19.7 Å². The van der Waals surface area contributed by atoms with Crippen molar-refractivity contribution in [2.75, 3.05) is 34.4 Å². The average Bonchev–Trinajstić information content (AvgIpc) is 2.96. The standard InChI is InChI=1S/C15H22N2O3/c1-16-12-6-7-17(10-12)15(18)9-11-4-5-13(19-2)14(8-11)20-3/h4-5,8,12,16H,6-7,9-10H2,1-3H3. The van der Waals surface area contributed by atoms with Crippen molar-refractivity contribution in [2.24, 2.45) is 0 Å². The SMILES string of the molecule is CNC1CCN(C(=O)Cc2ccc(OC)c(OC)c2)C1. The Morgan fingerprint density at radius 1 is 1.35 bits per heavy atom. The number of ether oxygens (including phenoxy) is 2. The molecule has 1 amide bonds. The second-order valence-corrected chi connectivity index (χ2v) is 4.98. The van der Waals surface area contributed by atoms with Crippen LogP contribution in [-0.4, -0.2) is 51.2 Å². The third kappa shape index (κ3) is 3.22. The Bertz CT molecular complexity index is 476. The second-order valence-electron chi connectivity index (χ2n) is 4.98. The van der Waals surface area contributed by atoms with E-state index in [-0.39, 0.29) is 5.91 Å². The molecule has 0 aromatic heterocycles. The summed E-state index contributed by atoms with van der Waals surface area (Å²) >= 11 is 0. The molecule has 1 heterocycles. The summed E-state index contributed by atoms with van der Waals surface area (Å²) in [6.45, 7) is 1.63. The minimum Gasteiger partial charge on any atom is -0.493 e. The van der Waals surface area contributed by atoms with Gasteiger partial charge in [-0.3, -0.25) is 4.79 Å². The fraction of sp³-hybridized carbons (Fsp3) is 0.533. The van der Waals surface area contributed by atoms with Gasteiger partial charge in [-0.2, -0.15) is 0 Å². The summed E-state index contributed by atoms with van der Waals surface area (Å²) < 4.78 is 10.5. The number of likely N-dealkylation sites (N-methyl/N-ethyl adjacent to an activating group) is 1. The Morgan fingerprint density at radius 2 is 2.10 bits per heavy atom. The smallest absolute Gasteiger partial charge is 0.227 e. The molecule has 0 spiro atoms. The van der Waals surface area contributed by atoms with Gasteiger partial charge in [-0.25, -0.2) is 0 Å². The van der Waals surface area contributed by atoms with Crippen LogP contribution in [0, 0.1) is 0 Å². The predicted octanol–water partition coefficient (Wildman–Crippen LogP) is 1.07. The molecule has 1 unspecified atom stereocenters. The summed E-state index contributed by atoms with van der Waals surface area (Å²) in [6.07, 6.45) is 1.42. The molecule has 1 saturated heterocycles. The first-order valence-electron chi connectivity index (χ1n) is 6.84. The molecule has 2 rings (SSSR count). The molecule has 0 bridgehead atoms. The molecule has 1 N–H and O–H groups in total. The van der Waals surface area contributed by atoms with Crippen LogP contribution in [0.25, 0.3) is 0 Å². The fourth-order valence-corrected chi connectivity index (χ4v) is 2.50. The van der Waals surface area contributed by atoms with E-state index in [9.17, 15) is 4.79 Å². The second kappa shape index (κ2) is 6.61. The number of methoxy groups -OCH3 is 2. The van der Waals surface area contributed by atoms with Crippen LogP contribution in [0.5, 0.6) is 11.5 Å². The molecule has 1 fully saturated rings. The van der Waals surface area contributed by atoms with Crippen LogP contribution >= 0.6 is 0 Å². The molecular weight excluding hydrogens is 256 g/mol. The van der Waals surface area contributed by atoms with Crippen molar-refractivity contribution in [2.45, 2.75) is 18.9 Å². The summed E-state index contributed by atoms with van der Waals surface area (Å²) in [6, 6.07) is 6.03. The number of likely N-dealkylation sites (tertiary alicyclic amines) is 1. The zero-order chi connectivity index (χ0) is 14.5. The van der Waals surface area contributed by atoms with Gasteiger partial charge in [-0.05, 0) is 31.2 Å². The number of carbonyl (C=O) groups excluding carboxylic acids is 1. The van der Waals surface area contributed by atoms with Gasteiger partial charge in [0.05, 0.1) is 20.6 Å². The van der Waals surface area contributed by atoms with E-state index in [2.05, 4.69) is 5.32 Å². The van der Waals surface area contributed by atoms with Crippen LogP contribution in [0.1, 0.15) is 12.0 Å². The molecule has 1 aliphatic heterocycles. The minimum absolute atomic E-state index is 0.162. The minimum atomic E-state index is 0.162. The lowest BCUT2D eigenvalue weighted by atomic mass is 10.1. The monoisotopic (exact) mass is 278 g/mol. The van der Waals surface area contributed by atoms with E-state index in [4.69, 9.17) is 9.47 Å². The van der Waals surface area contributed by atoms with Gasteiger partial charge in [0.25, 0.3) is 0 Å². The van der Waals surface area contributed by atoms with E-state index in [1.54, 1.807) is 14.2 Å². The van der Waals surface area contributed by atoms with E-state index in [0.717, 1.165) is 25.1 Å². The largest absolute Gasteiger partial charge is 0.493 e. The van der Waals surface area contributed by atoms with E-state index in [1.165, 1.54) is 0 Å². The molecule has 1 aliphatic rings. The van der Waals surface area contributed by atoms with Crippen molar-refractivity contribution < 1.29 is 14.3 Å². The third-order valence-corrected chi connectivity index (χ3v) is 3.75. The molecule has 20 heavy (non-hydrogen) atoms. The molecule has 5 nitrogen and oxygen atoms in total. The number of hydrogen-bond acceptors (Lipinski definition) is 4. The van der Waals surface area contributed by atoms with Crippen molar-refractivity contribution in [1.82, 2.24) is 10.2 Å². The van der Waals surface area contributed by atoms with Crippen LogP contribution in [0.4, 0.5) is 0 Å². The van der Waals surface area contributed by atoms with Gasteiger partial charge in [0.1, 0.15) is 0 Å². The van der Waals surface area contributed by atoms with E-state index < -0.39 is 0 Å². The normalized spacial score (nSPS) is 18.1. The van der Waals surface area contributed by atoms with Gasteiger partial charge in [0.15, 0.2) is 11.5 Å². The lowest BCUT2D eigenvalue weighted by Gasteiger charge is -2.17. The van der Waals surface area contributed by atoms with Crippen molar-refractivity contribution >= 4 is 5.91 Å². The highest BCUT2D eigenvalue weighted by atomic mass is 16.5. The molecule has 1 atom stereocenters. The van der Waals surface area contributed by atoms with Gasteiger partial charge >= 0.3 is 0 Å². The lowest BCUT2D eigenvalue weighted by Crippen LogP contribution is -2.34. The van der Waals surface area contributed by atoms with Crippen molar-refractivity contribution in [3.05, 3.63) is 23.8 Å². The first kappa shape index (κ1) is 14.7. The number of hydrogen-bond donors (Lipinski definition) is 1. The molecule has 0 radical (unpaired) electrons. The quantitative estimate of drug-likeness (QED) is 0.875. The van der Waals surface area contributed by atoms with Crippen LogP contribution < -0.4 is 14.8 Å². The topological polar surface area (TPSA) is 50.8 Å². The van der Waals surface area contributed by atoms with E-state index >= 15 is 0 Å². The maximum atomic E-state index is 12.3. The highest BCUT2D eigenvalue weighted by Gasteiger charge is 2.25. The number of rotatable bonds is 5. The number of nitrogens with one attached hydrogen (secondary N) is 1. The summed E-state index contributed by atoms with van der Waals surface area (Å²) in [5.74, 6) is 1.50. The third-order valence-electron chi connectivity index (χ3n) is 3.75. The van der Waals surface area contributed by atoms with Gasteiger partial charge in [-0.15, -0.1) is 0 Å². The van der Waals surface area contributed by atoms with Crippen LogP contribution in [0.2, 0.25) is 0 Å². The zero-order valence-electron chi connectivity index (χ0n) is 12.3. The molecule has 1 aromatic rings. The Labute approximate surface area is 119 Å². The molecule has 0 saturated carbocycles. The predicted molar refractivity (Wildman–Crippen MR) is 77.3 cm³/mol. The number of carbonyl (C=O) groups is 1. The molecule has 110 valence electrons. The first-order valence-corrected chi connectivity index (χ1v) is 6.84. The maximum absolute atomic E-state index is 12.3. The number of amides is 1. The zero-order valence-corrected chi connectivity index (χ0v) is 12.3. The maximum Gasteiger partial charge on any atom is 0.227 e.